The van der Waals surface area contributed by atoms with Gasteiger partial charge in [-0.3, -0.25) is 19.2 Å². The lowest BCUT2D eigenvalue weighted by Gasteiger charge is -2.28. The molecule has 1 aliphatic heterocycles. The third kappa shape index (κ3) is 7.26. The quantitative estimate of drug-likeness (QED) is 0.206. The Kier molecular flexibility index (Phi) is 9.30. The molecule has 8 N–H and O–H groups in total. The van der Waals surface area contributed by atoms with Gasteiger partial charge in [0, 0.05) is 6.54 Å². The summed E-state index contributed by atoms with van der Waals surface area (Å²) < 4.78 is 0. The predicted octanol–water partition coefficient (Wildman–Crippen LogP) is -2.53. The van der Waals surface area contributed by atoms with Gasteiger partial charge in [-0.2, -0.15) is 0 Å². The van der Waals surface area contributed by atoms with Crippen LogP contribution in [0.2, 0.25) is 0 Å². The molecule has 0 aliphatic carbocycles. The number of aliphatic hydroxyl groups excluding tert-OH is 1. The molecule has 1 saturated heterocycles. The molecule has 4 amide bonds. The molecule has 0 aromatic heterocycles. The average molecular weight is 463 g/mol. The van der Waals surface area contributed by atoms with Crippen LogP contribution in [-0.2, 0) is 30.4 Å². The highest BCUT2D eigenvalue weighted by atomic mass is 16.4. The van der Waals surface area contributed by atoms with E-state index in [0.717, 1.165) is 5.56 Å². The third-order valence-electron chi connectivity index (χ3n) is 5.29. The predicted molar refractivity (Wildman–Crippen MR) is 115 cm³/mol. The maximum Gasteiger partial charge on any atom is 0.328 e. The van der Waals surface area contributed by atoms with Crippen LogP contribution in [0.3, 0.4) is 0 Å². The zero-order chi connectivity index (χ0) is 24.5. The van der Waals surface area contributed by atoms with E-state index in [2.05, 4.69) is 5.32 Å². The Labute approximate surface area is 190 Å². The number of carbonyl (C=O) groups is 5. The lowest BCUT2D eigenvalue weighted by atomic mass is 10.0. The molecule has 0 saturated carbocycles. The zero-order valence-electron chi connectivity index (χ0n) is 18.0. The summed E-state index contributed by atoms with van der Waals surface area (Å²) in [5.41, 5.74) is 12.1. The lowest BCUT2D eigenvalue weighted by molar-refractivity contribution is -0.144. The highest BCUT2D eigenvalue weighted by molar-refractivity contribution is 5.96. The molecule has 1 fully saturated rings. The number of hydrogen-bond acceptors (Lipinski definition) is 7. The van der Waals surface area contributed by atoms with Gasteiger partial charge in [-0.15, -0.1) is 0 Å². The molecule has 12 nitrogen and oxygen atoms in total. The van der Waals surface area contributed by atoms with Crippen molar-refractivity contribution in [3.8, 4) is 0 Å². The van der Waals surface area contributed by atoms with E-state index in [1.165, 1.54) is 4.90 Å². The van der Waals surface area contributed by atoms with Crippen LogP contribution < -0.4 is 22.1 Å². The van der Waals surface area contributed by atoms with Crippen LogP contribution in [0.1, 0.15) is 24.8 Å². The summed E-state index contributed by atoms with van der Waals surface area (Å²) in [5.74, 6) is -4.51. The summed E-state index contributed by atoms with van der Waals surface area (Å²) in [4.78, 5) is 62.0. The Bertz CT molecular complexity index is 879. The van der Waals surface area contributed by atoms with Gasteiger partial charge in [-0.1, -0.05) is 30.3 Å². The third-order valence-corrected chi connectivity index (χ3v) is 5.29. The molecule has 1 heterocycles. The summed E-state index contributed by atoms with van der Waals surface area (Å²) >= 11 is 0. The minimum atomic E-state index is -1.62. The Morgan fingerprint density at radius 3 is 2.33 bits per heavy atom. The highest BCUT2D eigenvalue weighted by Crippen LogP contribution is 2.19. The summed E-state index contributed by atoms with van der Waals surface area (Å²) in [6.07, 6.45) is 0.563. The molecule has 0 bridgehead atoms. The van der Waals surface area contributed by atoms with Crippen molar-refractivity contribution in [2.75, 3.05) is 13.2 Å². The van der Waals surface area contributed by atoms with Crippen LogP contribution in [0.15, 0.2) is 30.3 Å². The van der Waals surface area contributed by atoms with Crippen molar-refractivity contribution in [1.29, 1.82) is 0 Å². The van der Waals surface area contributed by atoms with E-state index >= 15 is 0 Å². The fraction of sp³-hybridized carbons (Fsp3) is 0.476. The first-order valence-corrected chi connectivity index (χ1v) is 10.5. The SMILES string of the molecule is NC(=O)CC(NC(=O)C1CCCN1C(=O)C(N)Cc1ccccc1)C(=O)NC(CO)C(=O)O. The Morgan fingerprint density at radius 1 is 1.09 bits per heavy atom. The van der Waals surface area contributed by atoms with Crippen LogP contribution in [0, 0.1) is 0 Å². The standard InChI is InChI=1S/C21H29N5O7/c22-13(9-12-5-2-1-3-6-12)20(31)26-8-4-7-16(26)19(30)24-14(10-17(23)28)18(29)25-15(11-27)21(32)33/h1-3,5-6,13-16,27H,4,7-11,22H2,(H2,23,28)(H,24,30)(H,25,29)(H,32,33). The van der Waals surface area contributed by atoms with Gasteiger partial charge in [-0.05, 0) is 24.8 Å². The summed E-state index contributed by atoms with van der Waals surface area (Å²) in [6, 6.07) is 4.31. The molecule has 0 radical (unpaired) electrons. The van der Waals surface area contributed by atoms with Crippen LogP contribution in [-0.4, -0.2) is 82.0 Å². The van der Waals surface area contributed by atoms with Gasteiger partial charge in [0.25, 0.3) is 0 Å². The fourth-order valence-electron chi connectivity index (χ4n) is 3.61. The Hall–Kier alpha value is -3.51. The van der Waals surface area contributed by atoms with Gasteiger partial charge >= 0.3 is 5.97 Å². The maximum atomic E-state index is 12.9. The maximum absolute atomic E-state index is 12.9. The smallest absolute Gasteiger partial charge is 0.328 e. The second-order valence-corrected chi connectivity index (χ2v) is 7.80. The number of amides is 4. The Morgan fingerprint density at radius 2 is 1.76 bits per heavy atom. The van der Waals surface area contributed by atoms with E-state index in [9.17, 15) is 24.0 Å². The topological polar surface area (TPSA) is 205 Å². The number of aliphatic carboxylic acids is 1. The molecular formula is C21H29N5O7. The van der Waals surface area contributed by atoms with Gasteiger partial charge in [0.05, 0.1) is 19.1 Å². The van der Waals surface area contributed by atoms with E-state index < -0.39 is 66.8 Å². The molecular weight excluding hydrogens is 434 g/mol. The number of carboxylic acids is 1. The van der Waals surface area contributed by atoms with Gasteiger partial charge in [0.1, 0.15) is 18.1 Å². The molecule has 4 unspecified atom stereocenters. The largest absolute Gasteiger partial charge is 0.480 e. The number of carbonyl (C=O) groups excluding carboxylic acids is 4. The molecule has 2 rings (SSSR count). The van der Waals surface area contributed by atoms with Crippen molar-refractivity contribution in [3.63, 3.8) is 0 Å². The van der Waals surface area contributed by atoms with Crippen molar-refractivity contribution >= 4 is 29.6 Å². The molecule has 180 valence electrons. The fourth-order valence-corrected chi connectivity index (χ4v) is 3.61. The summed E-state index contributed by atoms with van der Waals surface area (Å²) in [6.45, 7) is -0.583. The molecule has 0 spiro atoms. The van der Waals surface area contributed by atoms with Crippen molar-refractivity contribution < 1.29 is 34.2 Å². The molecule has 12 heteroatoms. The second kappa shape index (κ2) is 11.9. The number of hydrogen-bond donors (Lipinski definition) is 6. The summed E-state index contributed by atoms with van der Waals surface area (Å²) in [5, 5.41) is 22.5. The second-order valence-electron chi connectivity index (χ2n) is 7.80. The molecule has 1 aromatic carbocycles. The van der Waals surface area contributed by atoms with Gasteiger partial charge < -0.3 is 37.2 Å². The van der Waals surface area contributed by atoms with Crippen LogP contribution in [0.5, 0.6) is 0 Å². The van der Waals surface area contributed by atoms with Gasteiger partial charge in [0.2, 0.25) is 23.6 Å². The van der Waals surface area contributed by atoms with E-state index in [0.29, 0.717) is 19.4 Å². The summed E-state index contributed by atoms with van der Waals surface area (Å²) in [7, 11) is 0. The van der Waals surface area contributed by atoms with Crippen LogP contribution in [0.25, 0.3) is 0 Å². The number of rotatable bonds is 11. The van der Waals surface area contributed by atoms with Crippen molar-refractivity contribution in [2.24, 2.45) is 11.5 Å². The van der Waals surface area contributed by atoms with E-state index in [-0.39, 0.29) is 6.42 Å². The minimum Gasteiger partial charge on any atom is -0.480 e. The normalized spacial score (nSPS) is 18.1. The van der Waals surface area contributed by atoms with Crippen molar-refractivity contribution in [1.82, 2.24) is 15.5 Å². The number of primary amides is 1. The lowest BCUT2D eigenvalue weighted by Crippen LogP contribution is -2.57. The van der Waals surface area contributed by atoms with Crippen molar-refractivity contribution in [3.05, 3.63) is 35.9 Å². The van der Waals surface area contributed by atoms with Gasteiger partial charge in [0.15, 0.2) is 0 Å². The van der Waals surface area contributed by atoms with E-state index in [1.54, 1.807) is 0 Å². The highest BCUT2D eigenvalue weighted by Gasteiger charge is 2.38. The monoisotopic (exact) mass is 463 g/mol. The van der Waals surface area contributed by atoms with Crippen LogP contribution in [0.4, 0.5) is 0 Å². The number of nitrogens with one attached hydrogen (secondary N) is 2. The van der Waals surface area contributed by atoms with E-state index in [1.807, 2.05) is 35.6 Å². The van der Waals surface area contributed by atoms with Gasteiger partial charge in [-0.25, -0.2) is 4.79 Å². The molecule has 33 heavy (non-hydrogen) atoms. The van der Waals surface area contributed by atoms with E-state index in [4.69, 9.17) is 21.7 Å². The number of nitrogens with two attached hydrogens (primary N) is 2. The first-order valence-electron chi connectivity index (χ1n) is 10.5. The molecule has 1 aliphatic rings. The van der Waals surface area contributed by atoms with Crippen molar-refractivity contribution in [2.45, 2.75) is 49.9 Å². The first-order chi connectivity index (χ1) is 15.6. The van der Waals surface area contributed by atoms with Crippen LogP contribution >= 0.6 is 0 Å². The minimum absolute atomic E-state index is 0.287. The zero-order valence-corrected chi connectivity index (χ0v) is 18.0. The molecule has 4 atom stereocenters. The number of likely N-dealkylation sites (tertiary alicyclic amines) is 1. The number of carboxylic acid groups (broad SMARTS) is 1. The number of nitrogens with zero attached hydrogens (tertiary/aromatic N) is 1. The first kappa shape index (κ1) is 25.7. The number of aliphatic hydroxyl groups is 1. The number of benzene rings is 1. The average Bonchev–Trinajstić information content (AvgIpc) is 3.26. The Balaban J connectivity index is 2.07. The molecule has 1 aromatic rings.